The van der Waals surface area contributed by atoms with Crippen LogP contribution in [0.3, 0.4) is 0 Å². The van der Waals surface area contributed by atoms with Crippen molar-refractivity contribution < 1.29 is 15.3 Å². The molecule has 0 saturated carbocycles. The molecule has 0 radical (unpaired) electrons. The highest BCUT2D eigenvalue weighted by atomic mass is 16.3. The number of phenolic OH excluding ortho intramolecular Hbond substituents is 3. The number of fused-ring (bicyclic) bond motifs is 2. The summed E-state index contributed by atoms with van der Waals surface area (Å²) in [5, 5.41) is 28.0. The average molecular weight is 456 g/mol. The number of pyridine rings is 1. The van der Waals surface area contributed by atoms with Crippen LogP contribution in [0, 0.1) is 0 Å². The van der Waals surface area contributed by atoms with Crippen LogP contribution in [-0.4, -0.2) is 31.5 Å². The predicted molar refractivity (Wildman–Crippen MR) is 135 cm³/mol. The molecule has 3 aromatic carbocycles. The quantitative estimate of drug-likeness (QED) is 0.218. The molecule has 172 valence electrons. The molecule has 5 N–H and O–H groups in total. The number of aromatic nitrogens is 2. The van der Waals surface area contributed by atoms with E-state index in [1.54, 1.807) is 54.9 Å². The summed E-state index contributed by atoms with van der Waals surface area (Å²) in [6.45, 7) is 0. The zero-order valence-corrected chi connectivity index (χ0v) is 18.3. The van der Waals surface area contributed by atoms with E-state index in [0.29, 0.717) is 17.2 Å². The van der Waals surface area contributed by atoms with E-state index < -0.39 is 0 Å². The van der Waals surface area contributed by atoms with Crippen LogP contribution in [0.4, 0.5) is 5.69 Å². The fourth-order valence-corrected chi connectivity index (χ4v) is 3.00. The number of rotatable bonds is 0. The minimum atomic E-state index is 0.0405. The summed E-state index contributed by atoms with van der Waals surface area (Å²) in [6, 6.07) is 24.3. The maximum Gasteiger partial charge on any atom is 0.181 e. The lowest BCUT2D eigenvalue weighted by Crippen LogP contribution is -1.92. The van der Waals surface area contributed by atoms with Crippen molar-refractivity contribution in [1.82, 2.24) is 9.97 Å². The van der Waals surface area contributed by atoms with Crippen LogP contribution in [0.5, 0.6) is 17.2 Å². The van der Waals surface area contributed by atoms with Gasteiger partial charge in [-0.3, -0.25) is 9.79 Å². The molecule has 0 saturated heterocycles. The van der Waals surface area contributed by atoms with Gasteiger partial charge in [0.2, 0.25) is 0 Å². The molecule has 7 heteroatoms. The highest BCUT2D eigenvalue weighted by molar-refractivity contribution is 5.85. The molecule has 6 rings (SSSR count). The Balaban J connectivity index is 0.000000129. The molecule has 0 fully saturated rings. The summed E-state index contributed by atoms with van der Waals surface area (Å²) < 4.78 is 0. The van der Waals surface area contributed by atoms with Crippen LogP contribution in [0.25, 0.3) is 10.9 Å². The van der Waals surface area contributed by atoms with Gasteiger partial charge >= 0.3 is 0 Å². The number of nitrogens with one attached hydrogen (secondary N) is 2. The van der Waals surface area contributed by atoms with Crippen LogP contribution in [0.2, 0.25) is 0 Å². The van der Waals surface area contributed by atoms with Gasteiger partial charge in [0.1, 0.15) is 17.2 Å². The molecule has 0 amide bonds. The largest absolute Gasteiger partial charge is 0.508 e. The lowest BCUT2D eigenvalue weighted by molar-refractivity contribution is 0.471. The van der Waals surface area contributed by atoms with Gasteiger partial charge in [0.25, 0.3) is 0 Å². The van der Waals surface area contributed by atoms with E-state index in [1.807, 2.05) is 42.7 Å². The standard InChI is InChI=1S/2C8H7NO.C6H6O.C5H5NO/c2*10-8-3-1-2-7-6(8)4-5-9-7;7-6-4-2-1-3-5-6;7-5-1-3-6-4-2-5/h1-3,5,10H,4H2;1-5,9-10H;1-5,7H;1-4H,(H,6,7). The zero-order chi connectivity index (χ0) is 24.2. The van der Waals surface area contributed by atoms with E-state index >= 15 is 0 Å². The molecule has 3 heterocycles. The minimum absolute atomic E-state index is 0.0405. The van der Waals surface area contributed by atoms with Crippen molar-refractivity contribution >= 4 is 22.8 Å². The fraction of sp³-hybridized carbons (Fsp3) is 0.0370. The predicted octanol–water partition coefficient (Wildman–Crippen LogP) is 5.29. The Bertz CT molecular complexity index is 1370. The Morgan fingerprint density at radius 3 is 2.00 bits per heavy atom. The van der Waals surface area contributed by atoms with Gasteiger partial charge in [-0.25, -0.2) is 0 Å². The molecular weight excluding hydrogens is 430 g/mol. The van der Waals surface area contributed by atoms with Gasteiger partial charge in [-0.1, -0.05) is 30.3 Å². The van der Waals surface area contributed by atoms with Crippen LogP contribution in [0.15, 0.2) is 113 Å². The SMILES string of the molecule is O=c1cc[nH]cc1.Oc1cccc2[nH]ccc12.Oc1cccc2c1CC=N2.Oc1ccccc1. The molecule has 0 bridgehead atoms. The summed E-state index contributed by atoms with van der Waals surface area (Å²) in [5.74, 6) is 1.01. The van der Waals surface area contributed by atoms with Gasteiger partial charge in [-0.2, -0.15) is 0 Å². The van der Waals surface area contributed by atoms with Crippen molar-refractivity contribution in [1.29, 1.82) is 0 Å². The second kappa shape index (κ2) is 12.3. The van der Waals surface area contributed by atoms with Gasteiger partial charge in [0.05, 0.1) is 5.69 Å². The molecule has 7 nitrogen and oxygen atoms in total. The molecule has 0 spiro atoms. The van der Waals surface area contributed by atoms with Crippen molar-refractivity contribution in [3.05, 3.63) is 119 Å². The van der Waals surface area contributed by atoms with Gasteiger partial charge < -0.3 is 25.3 Å². The number of hydrogen-bond donors (Lipinski definition) is 5. The Hall–Kier alpha value is -4.78. The van der Waals surface area contributed by atoms with Crippen molar-refractivity contribution in [2.24, 2.45) is 4.99 Å². The van der Waals surface area contributed by atoms with E-state index in [-0.39, 0.29) is 5.43 Å². The summed E-state index contributed by atoms with van der Waals surface area (Å²) in [7, 11) is 0. The molecule has 0 atom stereocenters. The monoisotopic (exact) mass is 455 g/mol. The lowest BCUT2D eigenvalue weighted by Gasteiger charge is -1.97. The molecule has 2 aromatic heterocycles. The van der Waals surface area contributed by atoms with Crippen LogP contribution in [0.1, 0.15) is 5.56 Å². The lowest BCUT2D eigenvalue weighted by atomic mass is 10.1. The molecule has 0 unspecified atom stereocenters. The third-order valence-corrected chi connectivity index (χ3v) is 4.67. The number of aliphatic imine (C=N–C) groups is 1. The zero-order valence-electron chi connectivity index (χ0n) is 18.3. The Morgan fingerprint density at radius 2 is 1.41 bits per heavy atom. The number of para-hydroxylation sites is 1. The summed E-state index contributed by atoms with van der Waals surface area (Å²) in [6.07, 6.45) is 7.58. The molecule has 0 aliphatic carbocycles. The molecule has 5 aromatic rings. The number of phenols is 3. The Morgan fingerprint density at radius 1 is 0.706 bits per heavy atom. The summed E-state index contributed by atoms with van der Waals surface area (Å²) >= 11 is 0. The normalized spacial score (nSPS) is 10.6. The first-order valence-electron chi connectivity index (χ1n) is 10.5. The maximum atomic E-state index is 10.2. The van der Waals surface area contributed by atoms with Crippen LogP contribution >= 0.6 is 0 Å². The van der Waals surface area contributed by atoms with E-state index in [2.05, 4.69) is 15.0 Å². The van der Waals surface area contributed by atoms with Crippen molar-refractivity contribution in [3.8, 4) is 17.2 Å². The van der Waals surface area contributed by atoms with E-state index in [1.165, 1.54) is 12.1 Å². The third-order valence-electron chi connectivity index (χ3n) is 4.67. The van der Waals surface area contributed by atoms with Crippen molar-refractivity contribution in [2.75, 3.05) is 0 Å². The second-order valence-corrected chi connectivity index (χ2v) is 7.08. The van der Waals surface area contributed by atoms with Gasteiger partial charge in [-0.05, 0) is 42.5 Å². The smallest absolute Gasteiger partial charge is 0.181 e. The first-order chi connectivity index (χ1) is 16.5. The highest BCUT2D eigenvalue weighted by Crippen LogP contribution is 2.30. The Labute approximate surface area is 196 Å². The number of nitrogens with zero attached hydrogens (tertiary/aromatic N) is 1. The minimum Gasteiger partial charge on any atom is -0.508 e. The summed E-state index contributed by atoms with van der Waals surface area (Å²) in [5.41, 5.74) is 2.86. The van der Waals surface area contributed by atoms with Gasteiger partial charge in [0, 0.05) is 59.8 Å². The molecular formula is C27H25N3O4. The number of hydrogen-bond acceptors (Lipinski definition) is 5. The first-order valence-corrected chi connectivity index (χ1v) is 10.5. The fourth-order valence-electron chi connectivity index (χ4n) is 3.00. The third kappa shape index (κ3) is 7.13. The highest BCUT2D eigenvalue weighted by Gasteiger charge is 2.08. The van der Waals surface area contributed by atoms with E-state index in [4.69, 9.17) is 5.11 Å². The van der Waals surface area contributed by atoms with Crippen molar-refractivity contribution in [3.63, 3.8) is 0 Å². The number of aromatic hydroxyl groups is 3. The van der Waals surface area contributed by atoms with Crippen molar-refractivity contribution in [2.45, 2.75) is 6.42 Å². The van der Waals surface area contributed by atoms with Crippen LogP contribution in [-0.2, 0) is 6.42 Å². The molecule has 1 aliphatic rings. The molecule has 1 aliphatic heterocycles. The molecule has 34 heavy (non-hydrogen) atoms. The van der Waals surface area contributed by atoms with Gasteiger partial charge in [-0.15, -0.1) is 0 Å². The topological polar surface area (TPSA) is 122 Å². The average Bonchev–Trinajstić information content (AvgIpc) is 3.53. The second-order valence-electron chi connectivity index (χ2n) is 7.08. The van der Waals surface area contributed by atoms with E-state index in [0.717, 1.165) is 28.6 Å². The van der Waals surface area contributed by atoms with Crippen LogP contribution < -0.4 is 5.43 Å². The number of H-pyrrole nitrogens is 2. The maximum absolute atomic E-state index is 10.2. The first kappa shape index (κ1) is 23.9. The number of aromatic amines is 2. The van der Waals surface area contributed by atoms with E-state index in [9.17, 15) is 15.0 Å². The number of benzene rings is 3. The summed E-state index contributed by atoms with van der Waals surface area (Å²) in [4.78, 5) is 20.1. The van der Waals surface area contributed by atoms with Gasteiger partial charge in [0.15, 0.2) is 5.43 Å². The Kier molecular flexibility index (Phi) is 8.64.